The molecule has 1 N–H and O–H groups in total. The van der Waals surface area contributed by atoms with E-state index in [0.717, 1.165) is 5.57 Å². The third-order valence-electron chi connectivity index (χ3n) is 0.848. The fraction of sp³-hybridized carbons (Fsp3) is 0.667. The van der Waals surface area contributed by atoms with E-state index in [1.54, 1.807) is 7.11 Å². The Kier molecular flexibility index (Phi) is 4.61. The lowest BCUT2D eigenvalue weighted by atomic mass is 10.3. The molecule has 2 nitrogen and oxygen atoms in total. The van der Waals surface area contributed by atoms with Gasteiger partial charge in [-0.2, -0.15) is 0 Å². The zero-order valence-electron chi connectivity index (χ0n) is 5.35. The first-order chi connectivity index (χ1) is 3.81. The fourth-order valence-corrected chi connectivity index (χ4v) is 0.290. The van der Waals surface area contributed by atoms with E-state index in [9.17, 15) is 0 Å². The predicted octanol–water partition coefficient (Wildman–Crippen LogP) is 0.571. The summed E-state index contributed by atoms with van der Waals surface area (Å²) < 4.78 is 4.73. The largest absolute Gasteiger partial charge is 0.392 e. The van der Waals surface area contributed by atoms with E-state index in [-0.39, 0.29) is 6.61 Å². The van der Waals surface area contributed by atoms with Crippen LogP contribution < -0.4 is 0 Å². The fourth-order valence-electron chi connectivity index (χ4n) is 0.290. The Hall–Kier alpha value is -0.340. The monoisotopic (exact) mass is 116 g/mol. The van der Waals surface area contributed by atoms with E-state index < -0.39 is 0 Å². The highest BCUT2D eigenvalue weighted by atomic mass is 16.5. The summed E-state index contributed by atoms with van der Waals surface area (Å²) in [7, 11) is 1.63. The first kappa shape index (κ1) is 7.66. The van der Waals surface area contributed by atoms with E-state index in [0.29, 0.717) is 6.61 Å². The van der Waals surface area contributed by atoms with E-state index in [2.05, 4.69) is 0 Å². The molecule has 8 heavy (non-hydrogen) atoms. The first-order valence-electron chi connectivity index (χ1n) is 2.56. The van der Waals surface area contributed by atoms with Crippen LogP contribution in [-0.4, -0.2) is 25.4 Å². The van der Waals surface area contributed by atoms with Crippen molar-refractivity contribution < 1.29 is 9.84 Å². The molecule has 0 heterocycles. The summed E-state index contributed by atoms with van der Waals surface area (Å²) >= 11 is 0. The molecule has 0 aliphatic heterocycles. The van der Waals surface area contributed by atoms with Gasteiger partial charge in [-0.15, -0.1) is 0 Å². The standard InChI is InChI=1S/C6H12O2/c1-6(5-7)3-4-8-2/h3,7H,4-5H2,1-2H3/b6-3+. The molecule has 0 aromatic rings. The lowest BCUT2D eigenvalue weighted by Gasteiger charge is -1.92. The van der Waals surface area contributed by atoms with Crippen molar-refractivity contribution in [3.8, 4) is 0 Å². The van der Waals surface area contributed by atoms with Gasteiger partial charge >= 0.3 is 0 Å². The number of ether oxygens (including phenoxy) is 1. The molecule has 0 saturated carbocycles. The molecule has 0 radical (unpaired) electrons. The molecule has 0 atom stereocenters. The second kappa shape index (κ2) is 4.81. The van der Waals surface area contributed by atoms with Gasteiger partial charge in [0.15, 0.2) is 0 Å². The third-order valence-corrected chi connectivity index (χ3v) is 0.848. The summed E-state index contributed by atoms with van der Waals surface area (Å²) in [5.41, 5.74) is 0.951. The van der Waals surface area contributed by atoms with Crippen LogP contribution in [0, 0.1) is 0 Å². The van der Waals surface area contributed by atoms with Gasteiger partial charge in [0.1, 0.15) is 0 Å². The molecule has 0 aliphatic carbocycles. The molecule has 0 aromatic heterocycles. The van der Waals surface area contributed by atoms with Gasteiger partial charge in [0.25, 0.3) is 0 Å². The highest BCUT2D eigenvalue weighted by Gasteiger charge is 1.80. The van der Waals surface area contributed by atoms with Crippen molar-refractivity contribution in [2.45, 2.75) is 6.92 Å². The molecule has 0 unspecified atom stereocenters. The van der Waals surface area contributed by atoms with E-state index in [1.165, 1.54) is 0 Å². The lowest BCUT2D eigenvalue weighted by molar-refractivity contribution is 0.231. The second-order valence-electron chi connectivity index (χ2n) is 1.66. The first-order valence-corrected chi connectivity index (χ1v) is 2.56. The smallest absolute Gasteiger partial charge is 0.0647 e. The quantitative estimate of drug-likeness (QED) is 0.546. The predicted molar refractivity (Wildman–Crippen MR) is 32.7 cm³/mol. The van der Waals surface area contributed by atoms with Crippen LogP contribution in [0.15, 0.2) is 11.6 Å². The minimum absolute atomic E-state index is 0.128. The van der Waals surface area contributed by atoms with Crippen LogP contribution in [0.25, 0.3) is 0 Å². The van der Waals surface area contributed by atoms with Gasteiger partial charge in [-0.3, -0.25) is 0 Å². The maximum absolute atomic E-state index is 8.44. The van der Waals surface area contributed by atoms with Crippen molar-refractivity contribution in [3.63, 3.8) is 0 Å². The molecule has 0 aliphatic rings. The summed E-state index contributed by atoms with van der Waals surface area (Å²) in [4.78, 5) is 0. The van der Waals surface area contributed by atoms with Gasteiger partial charge in [-0.1, -0.05) is 6.08 Å². The number of hydrogen-bond acceptors (Lipinski definition) is 2. The topological polar surface area (TPSA) is 29.5 Å². The average Bonchev–Trinajstić information content (AvgIpc) is 1.83. The van der Waals surface area contributed by atoms with Crippen molar-refractivity contribution >= 4 is 0 Å². The van der Waals surface area contributed by atoms with Gasteiger partial charge in [-0.05, 0) is 12.5 Å². The van der Waals surface area contributed by atoms with Crippen molar-refractivity contribution in [2.75, 3.05) is 20.3 Å². The zero-order valence-corrected chi connectivity index (χ0v) is 5.35. The Morgan fingerprint density at radius 1 is 1.75 bits per heavy atom. The zero-order chi connectivity index (χ0) is 6.41. The molecule has 0 amide bonds. The Labute approximate surface area is 49.8 Å². The SMILES string of the molecule is COC/C=C(\C)CO. The van der Waals surface area contributed by atoms with Gasteiger partial charge in [0.05, 0.1) is 13.2 Å². The summed E-state index contributed by atoms with van der Waals surface area (Å²) in [6.07, 6.45) is 1.85. The van der Waals surface area contributed by atoms with Crippen molar-refractivity contribution in [3.05, 3.63) is 11.6 Å². The highest BCUT2D eigenvalue weighted by Crippen LogP contribution is 1.87. The molecule has 0 saturated heterocycles. The van der Waals surface area contributed by atoms with Crippen LogP contribution >= 0.6 is 0 Å². The number of rotatable bonds is 3. The van der Waals surface area contributed by atoms with Crippen molar-refractivity contribution in [2.24, 2.45) is 0 Å². The van der Waals surface area contributed by atoms with Gasteiger partial charge < -0.3 is 9.84 Å². The summed E-state index contributed by atoms with van der Waals surface area (Å²) in [6, 6.07) is 0. The number of methoxy groups -OCH3 is 1. The molecule has 0 bridgehead atoms. The Balaban J connectivity index is 3.26. The molecule has 48 valence electrons. The van der Waals surface area contributed by atoms with Crippen LogP contribution in [0.1, 0.15) is 6.92 Å². The van der Waals surface area contributed by atoms with Gasteiger partial charge in [0, 0.05) is 7.11 Å². The number of aliphatic hydroxyl groups excluding tert-OH is 1. The van der Waals surface area contributed by atoms with Gasteiger partial charge in [0.2, 0.25) is 0 Å². The minimum atomic E-state index is 0.128. The summed E-state index contributed by atoms with van der Waals surface area (Å²) in [5.74, 6) is 0. The molecular formula is C6H12O2. The molecule has 2 heteroatoms. The van der Waals surface area contributed by atoms with Crippen LogP contribution in [0.5, 0.6) is 0 Å². The number of aliphatic hydroxyl groups is 1. The molecule has 0 rings (SSSR count). The maximum atomic E-state index is 8.44. The average molecular weight is 116 g/mol. The van der Waals surface area contributed by atoms with Crippen LogP contribution in [0.3, 0.4) is 0 Å². The van der Waals surface area contributed by atoms with Crippen molar-refractivity contribution in [1.82, 2.24) is 0 Å². The van der Waals surface area contributed by atoms with E-state index in [4.69, 9.17) is 9.84 Å². The highest BCUT2D eigenvalue weighted by molar-refractivity contribution is 4.97. The molecule has 0 spiro atoms. The summed E-state index contributed by atoms with van der Waals surface area (Å²) in [6.45, 7) is 2.58. The Morgan fingerprint density at radius 3 is 2.75 bits per heavy atom. The van der Waals surface area contributed by atoms with E-state index >= 15 is 0 Å². The molecule has 0 aromatic carbocycles. The van der Waals surface area contributed by atoms with Crippen LogP contribution in [-0.2, 0) is 4.74 Å². The maximum Gasteiger partial charge on any atom is 0.0647 e. The van der Waals surface area contributed by atoms with Gasteiger partial charge in [-0.25, -0.2) is 0 Å². The van der Waals surface area contributed by atoms with Crippen molar-refractivity contribution in [1.29, 1.82) is 0 Å². The molecule has 0 fully saturated rings. The van der Waals surface area contributed by atoms with Crippen LogP contribution in [0.4, 0.5) is 0 Å². The second-order valence-corrected chi connectivity index (χ2v) is 1.66. The Bertz CT molecular complexity index is 76.6. The lowest BCUT2D eigenvalue weighted by Crippen LogP contribution is -1.88. The number of hydrogen-bond donors (Lipinski definition) is 1. The Morgan fingerprint density at radius 2 is 2.38 bits per heavy atom. The third kappa shape index (κ3) is 3.84. The van der Waals surface area contributed by atoms with E-state index in [1.807, 2.05) is 13.0 Å². The van der Waals surface area contributed by atoms with Crippen LogP contribution in [0.2, 0.25) is 0 Å². The minimum Gasteiger partial charge on any atom is -0.392 e. The normalized spacial score (nSPS) is 12.1. The molecular weight excluding hydrogens is 104 g/mol. The summed E-state index contributed by atoms with van der Waals surface area (Å²) in [5, 5.41) is 8.44.